The molecule has 2 fully saturated rings. The maximum Gasteiger partial charge on any atom is 0.216 e. The molecule has 1 aliphatic heterocycles. The number of nitrogens with zero attached hydrogens (tertiary/aromatic N) is 2. The van der Waals surface area contributed by atoms with Crippen LogP contribution in [0.15, 0.2) is 0 Å². The van der Waals surface area contributed by atoms with Crippen LogP contribution < -0.4 is 0 Å². The molecule has 0 aromatic carbocycles. The first-order valence-corrected chi connectivity index (χ1v) is 8.93. The molecule has 112 valence electrons. The van der Waals surface area contributed by atoms with Crippen LogP contribution in [0.5, 0.6) is 0 Å². The number of hydrogen-bond donors (Lipinski definition) is 0. The van der Waals surface area contributed by atoms with Gasteiger partial charge in [-0.2, -0.15) is 4.31 Å². The monoisotopic (exact) mass is 290 g/mol. The highest BCUT2D eigenvalue weighted by atomic mass is 32.2. The Morgan fingerprint density at radius 3 is 2.26 bits per heavy atom. The van der Waals surface area contributed by atoms with Gasteiger partial charge in [-0.15, -0.1) is 0 Å². The lowest BCUT2D eigenvalue weighted by Crippen LogP contribution is -2.54. The minimum atomic E-state index is -3.14. The average Bonchev–Trinajstić information content (AvgIpc) is 2.26. The van der Waals surface area contributed by atoms with Gasteiger partial charge in [0.25, 0.3) is 0 Å². The third-order valence-corrected chi connectivity index (χ3v) is 5.88. The smallest absolute Gasteiger partial charge is 0.216 e. The van der Waals surface area contributed by atoms with Crippen molar-refractivity contribution in [1.82, 2.24) is 9.21 Å². The Morgan fingerprint density at radius 2 is 1.79 bits per heavy atom. The van der Waals surface area contributed by atoms with Crippen molar-refractivity contribution < 1.29 is 13.2 Å². The van der Waals surface area contributed by atoms with Gasteiger partial charge in [0.15, 0.2) is 0 Å². The number of rotatable bonds is 6. The van der Waals surface area contributed by atoms with Gasteiger partial charge in [-0.3, -0.25) is 4.90 Å². The topological polar surface area (TPSA) is 49.9 Å². The largest absolute Gasteiger partial charge is 0.378 e. The summed E-state index contributed by atoms with van der Waals surface area (Å²) in [7, 11) is -3.14. The predicted octanol–water partition coefficient (Wildman–Crippen LogP) is 0.911. The van der Waals surface area contributed by atoms with E-state index in [9.17, 15) is 8.42 Å². The molecule has 0 spiro atoms. The highest BCUT2D eigenvalue weighted by Crippen LogP contribution is 2.25. The standard InChI is InChI=1S/C13H26N2O3S/c1-12(2)18-10-11-19(16,17)15-8-6-14(7-9-15)13-4-3-5-13/h12-13H,3-11H2,1-2H3. The summed E-state index contributed by atoms with van der Waals surface area (Å²) in [5, 5.41) is 0. The van der Waals surface area contributed by atoms with Crippen LogP contribution >= 0.6 is 0 Å². The van der Waals surface area contributed by atoms with Gasteiger partial charge in [0.05, 0.1) is 18.5 Å². The fourth-order valence-corrected chi connectivity index (χ4v) is 3.90. The van der Waals surface area contributed by atoms with Crippen LogP contribution in [0.2, 0.25) is 0 Å². The van der Waals surface area contributed by atoms with Crippen LogP contribution in [-0.2, 0) is 14.8 Å². The van der Waals surface area contributed by atoms with Gasteiger partial charge in [0.1, 0.15) is 0 Å². The van der Waals surface area contributed by atoms with E-state index >= 15 is 0 Å². The summed E-state index contributed by atoms with van der Waals surface area (Å²) >= 11 is 0. The fraction of sp³-hybridized carbons (Fsp3) is 1.00. The fourth-order valence-electron chi connectivity index (χ4n) is 2.62. The summed E-state index contributed by atoms with van der Waals surface area (Å²) in [5.41, 5.74) is 0. The Hall–Kier alpha value is -0.170. The van der Waals surface area contributed by atoms with Crippen LogP contribution in [0.3, 0.4) is 0 Å². The number of ether oxygens (including phenoxy) is 1. The lowest BCUT2D eigenvalue weighted by Gasteiger charge is -2.42. The molecule has 19 heavy (non-hydrogen) atoms. The molecular weight excluding hydrogens is 264 g/mol. The molecule has 0 unspecified atom stereocenters. The van der Waals surface area contributed by atoms with Crippen molar-refractivity contribution in [3.05, 3.63) is 0 Å². The molecule has 1 saturated heterocycles. The Morgan fingerprint density at radius 1 is 1.16 bits per heavy atom. The van der Waals surface area contributed by atoms with Gasteiger partial charge in [-0.25, -0.2) is 8.42 Å². The lowest BCUT2D eigenvalue weighted by molar-refractivity contribution is 0.0836. The molecule has 2 aliphatic rings. The molecule has 0 aromatic rings. The Balaban J connectivity index is 1.75. The second kappa shape index (κ2) is 6.52. The van der Waals surface area contributed by atoms with Crippen LogP contribution in [0.25, 0.3) is 0 Å². The van der Waals surface area contributed by atoms with Crippen molar-refractivity contribution in [2.75, 3.05) is 38.5 Å². The first kappa shape index (κ1) is 15.2. The molecule has 0 N–H and O–H groups in total. The quantitative estimate of drug-likeness (QED) is 0.730. The molecule has 0 atom stereocenters. The highest BCUT2D eigenvalue weighted by Gasteiger charge is 2.31. The van der Waals surface area contributed by atoms with Crippen LogP contribution in [0.4, 0.5) is 0 Å². The summed E-state index contributed by atoms with van der Waals surface area (Å²) in [6, 6.07) is 0.717. The SMILES string of the molecule is CC(C)OCCS(=O)(=O)N1CCN(C2CCC2)CC1. The van der Waals surface area contributed by atoms with Gasteiger partial charge in [0, 0.05) is 32.2 Å². The summed E-state index contributed by atoms with van der Waals surface area (Å²) in [6.07, 6.45) is 3.99. The van der Waals surface area contributed by atoms with Gasteiger partial charge in [-0.05, 0) is 26.7 Å². The van der Waals surface area contributed by atoms with Crippen LogP contribution in [0, 0.1) is 0 Å². The van der Waals surface area contributed by atoms with Crippen LogP contribution in [-0.4, -0.2) is 68.3 Å². The van der Waals surface area contributed by atoms with E-state index in [0.717, 1.165) is 13.1 Å². The van der Waals surface area contributed by atoms with E-state index < -0.39 is 10.0 Å². The molecule has 0 amide bonds. The average molecular weight is 290 g/mol. The third-order valence-electron chi connectivity index (χ3n) is 4.05. The van der Waals surface area contributed by atoms with E-state index in [2.05, 4.69) is 4.90 Å². The van der Waals surface area contributed by atoms with E-state index in [0.29, 0.717) is 25.7 Å². The predicted molar refractivity (Wildman–Crippen MR) is 75.7 cm³/mol. The van der Waals surface area contributed by atoms with Crippen molar-refractivity contribution in [2.45, 2.75) is 45.3 Å². The zero-order chi connectivity index (χ0) is 13.9. The van der Waals surface area contributed by atoms with E-state index in [4.69, 9.17) is 4.74 Å². The molecular formula is C13H26N2O3S. The first-order valence-electron chi connectivity index (χ1n) is 7.32. The highest BCUT2D eigenvalue weighted by molar-refractivity contribution is 7.89. The van der Waals surface area contributed by atoms with Crippen LogP contribution in [0.1, 0.15) is 33.1 Å². The van der Waals surface area contributed by atoms with Crippen molar-refractivity contribution in [3.8, 4) is 0 Å². The lowest BCUT2D eigenvalue weighted by atomic mass is 9.91. The molecule has 6 heteroatoms. The minimum Gasteiger partial charge on any atom is -0.378 e. The van der Waals surface area contributed by atoms with E-state index in [1.54, 1.807) is 4.31 Å². The van der Waals surface area contributed by atoms with E-state index in [1.165, 1.54) is 19.3 Å². The van der Waals surface area contributed by atoms with Gasteiger partial charge < -0.3 is 4.74 Å². The minimum absolute atomic E-state index is 0.0886. The Kier molecular flexibility index (Phi) is 5.22. The van der Waals surface area contributed by atoms with Gasteiger partial charge in [0.2, 0.25) is 10.0 Å². The van der Waals surface area contributed by atoms with Gasteiger partial charge in [-0.1, -0.05) is 6.42 Å². The Bertz CT molecular complexity index is 371. The molecule has 5 nitrogen and oxygen atoms in total. The number of hydrogen-bond acceptors (Lipinski definition) is 4. The molecule has 2 rings (SSSR count). The van der Waals surface area contributed by atoms with Crippen molar-refractivity contribution >= 4 is 10.0 Å². The molecule has 1 aliphatic carbocycles. The zero-order valence-electron chi connectivity index (χ0n) is 12.0. The number of sulfonamides is 1. The normalized spacial score (nSPS) is 23.7. The molecule has 0 radical (unpaired) electrons. The summed E-state index contributed by atoms with van der Waals surface area (Å²) in [6.45, 7) is 7.18. The molecule has 1 saturated carbocycles. The molecule has 0 bridgehead atoms. The van der Waals surface area contributed by atoms with Crippen molar-refractivity contribution in [3.63, 3.8) is 0 Å². The molecule has 0 aromatic heterocycles. The maximum absolute atomic E-state index is 12.2. The first-order chi connectivity index (χ1) is 8.99. The van der Waals surface area contributed by atoms with E-state index in [-0.39, 0.29) is 11.9 Å². The van der Waals surface area contributed by atoms with Crippen molar-refractivity contribution in [2.24, 2.45) is 0 Å². The summed E-state index contributed by atoms with van der Waals surface area (Å²) in [5.74, 6) is 0.106. The molecule has 1 heterocycles. The van der Waals surface area contributed by atoms with Gasteiger partial charge >= 0.3 is 0 Å². The Labute approximate surface area is 117 Å². The second-order valence-corrected chi connectivity index (χ2v) is 7.84. The van der Waals surface area contributed by atoms with E-state index in [1.807, 2.05) is 13.8 Å². The zero-order valence-corrected chi connectivity index (χ0v) is 12.9. The number of piperazine rings is 1. The summed E-state index contributed by atoms with van der Waals surface area (Å²) < 4.78 is 31.3. The van der Waals surface area contributed by atoms with Crippen molar-refractivity contribution in [1.29, 1.82) is 0 Å². The maximum atomic E-state index is 12.2. The third kappa shape index (κ3) is 4.15. The summed E-state index contributed by atoms with van der Waals surface area (Å²) in [4.78, 5) is 2.44. The second-order valence-electron chi connectivity index (χ2n) is 5.76.